The molecule has 0 aliphatic carbocycles. The van der Waals surface area contributed by atoms with Crippen LogP contribution in [-0.2, 0) is 0 Å². The number of nitrogens with two attached hydrogens (primary N) is 1. The molecule has 0 saturated heterocycles. The molecule has 0 bridgehead atoms. The van der Waals surface area contributed by atoms with Crippen molar-refractivity contribution in [1.82, 2.24) is 4.98 Å². The summed E-state index contributed by atoms with van der Waals surface area (Å²) in [5, 5.41) is 3.18. The number of para-hydroxylation sites is 2. The van der Waals surface area contributed by atoms with Crippen molar-refractivity contribution in [2.45, 2.75) is 0 Å². The third kappa shape index (κ3) is 2.06. The highest BCUT2D eigenvalue weighted by Crippen LogP contribution is 2.28. The Morgan fingerprint density at radius 2 is 1.88 bits per heavy atom. The van der Waals surface area contributed by atoms with Crippen LogP contribution in [0, 0.1) is 0 Å². The van der Waals surface area contributed by atoms with Gasteiger partial charge in [0, 0.05) is 6.20 Å². The van der Waals surface area contributed by atoms with Crippen molar-refractivity contribution in [3.05, 3.63) is 42.6 Å². The van der Waals surface area contributed by atoms with Gasteiger partial charge in [0.15, 0.2) is 0 Å². The summed E-state index contributed by atoms with van der Waals surface area (Å²) in [4.78, 5) is 4.01. The van der Waals surface area contributed by atoms with E-state index >= 15 is 0 Å². The predicted molar refractivity (Wildman–Crippen MR) is 64.9 cm³/mol. The van der Waals surface area contributed by atoms with Gasteiger partial charge in [-0.1, -0.05) is 12.1 Å². The van der Waals surface area contributed by atoms with Crippen LogP contribution in [0.5, 0.6) is 5.75 Å². The first-order valence-corrected chi connectivity index (χ1v) is 4.92. The number of nitrogen functional groups attached to an aromatic ring is 1. The van der Waals surface area contributed by atoms with E-state index in [1.807, 2.05) is 36.4 Å². The molecule has 0 radical (unpaired) electrons. The van der Waals surface area contributed by atoms with Crippen LogP contribution in [0.25, 0.3) is 0 Å². The second-order valence-corrected chi connectivity index (χ2v) is 3.26. The fourth-order valence-corrected chi connectivity index (χ4v) is 1.42. The Labute approximate surface area is 94.1 Å². The molecule has 0 amide bonds. The van der Waals surface area contributed by atoms with Crippen molar-refractivity contribution in [2.75, 3.05) is 18.2 Å². The number of nitrogens with zero attached hydrogens (tertiary/aromatic N) is 1. The van der Waals surface area contributed by atoms with Crippen molar-refractivity contribution in [3.8, 4) is 5.75 Å². The Bertz CT molecular complexity index is 485. The highest BCUT2D eigenvalue weighted by molar-refractivity contribution is 5.72. The largest absolute Gasteiger partial charge is 0.495 e. The van der Waals surface area contributed by atoms with E-state index < -0.39 is 0 Å². The van der Waals surface area contributed by atoms with Crippen LogP contribution in [0.3, 0.4) is 0 Å². The van der Waals surface area contributed by atoms with Crippen LogP contribution in [0.1, 0.15) is 0 Å². The lowest BCUT2D eigenvalue weighted by Gasteiger charge is -2.11. The molecule has 0 saturated carbocycles. The minimum Gasteiger partial charge on any atom is -0.495 e. The van der Waals surface area contributed by atoms with Crippen LogP contribution in [-0.4, -0.2) is 12.1 Å². The summed E-state index contributed by atoms with van der Waals surface area (Å²) in [6.07, 6.45) is 1.66. The SMILES string of the molecule is COc1ccccc1Nc1cccnc1N. The van der Waals surface area contributed by atoms with Crippen molar-refractivity contribution < 1.29 is 4.74 Å². The first-order valence-electron chi connectivity index (χ1n) is 4.92. The number of hydrogen-bond acceptors (Lipinski definition) is 4. The summed E-state index contributed by atoms with van der Waals surface area (Å²) < 4.78 is 5.23. The quantitative estimate of drug-likeness (QED) is 0.825. The molecule has 3 N–H and O–H groups in total. The summed E-state index contributed by atoms with van der Waals surface area (Å²) in [6.45, 7) is 0. The molecular formula is C12H13N3O. The smallest absolute Gasteiger partial charge is 0.147 e. The molecule has 4 heteroatoms. The van der Waals surface area contributed by atoms with Gasteiger partial charge in [0.25, 0.3) is 0 Å². The highest BCUT2D eigenvalue weighted by Gasteiger charge is 2.03. The van der Waals surface area contributed by atoms with E-state index in [0.29, 0.717) is 5.82 Å². The summed E-state index contributed by atoms with van der Waals surface area (Å²) >= 11 is 0. The molecule has 16 heavy (non-hydrogen) atoms. The van der Waals surface area contributed by atoms with Gasteiger partial charge in [0.2, 0.25) is 0 Å². The number of nitrogens with one attached hydrogen (secondary N) is 1. The molecule has 0 aliphatic heterocycles. The molecule has 0 spiro atoms. The molecule has 0 atom stereocenters. The lowest BCUT2D eigenvalue weighted by molar-refractivity contribution is 0.417. The number of aromatic nitrogens is 1. The zero-order valence-electron chi connectivity index (χ0n) is 8.97. The molecule has 2 rings (SSSR count). The van der Waals surface area contributed by atoms with Gasteiger partial charge >= 0.3 is 0 Å². The maximum Gasteiger partial charge on any atom is 0.147 e. The van der Waals surface area contributed by atoms with Gasteiger partial charge in [-0.05, 0) is 24.3 Å². The zero-order chi connectivity index (χ0) is 11.4. The minimum absolute atomic E-state index is 0.466. The van der Waals surface area contributed by atoms with Crippen LogP contribution < -0.4 is 15.8 Å². The van der Waals surface area contributed by atoms with E-state index in [9.17, 15) is 0 Å². The first kappa shape index (κ1) is 10.3. The number of anilines is 3. The van der Waals surface area contributed by atoms with Gasteiger partial charge in [-0.15, -0.1) is 0 Å². The molecule has 1 aromatic heterocycles. The number of hydrogen-bond donors (Lipinski definition) is 2. The van der Waals surface area contributed by atoms with Gasteiger partial charge in [0.1, 0.15) is 11.6 Å². The number of rotatable bonds is 3. The highest BCUT2D eigenvalue weighted by atomic mass is 16.5. The van der Waals surface area contributed by atoms with Crippen molar-refractivity contribution in [1.29, 1.82) is 0 Å². The van der Waals surface area contributed by atoms with Crippen molar-refractivity contribution in [3.63, 3.8) is 0 Å². The molecule has 2 aromatic rings. The Hall–Kier alpha value is -2.23. The van der Waals surface area contributed by atoms with Gasteiger partial charge < -0.3 is 15.8 Å². The third-order valence-corrected chi connectivity index (χ3v) is 2.21. The van der Waals surface area contributed by atoms with Gasteiger partial charge in [-0.3, -0.25) is 0 Å². The Morgan fingerprint density at radius 3 is 2.62 bits per heavy atom. The average Bonchev–Trinajstić information content (AvgIpc) is 2.33. The standard InChI is InChI=1S/C12H13N3O/c1-16-11-7-3-2-5-9(11)15-10-6-4-8-14-12(10)13/h2-8,15H,1H3,(H2,13,14). The normalized spacial score (nSPS) is 9.81. The number of methoxy groups -OCH3 is 1. The van der Waals surface area contributed by atoms with Crippen LogP contribution in [0.4, 0.5) is 17.2 Å². The van der Waals surface area contributed by atoms with Gasteiger partial charge in [-0.2, -0.15) is 0 Å². The third-order valence-electron chi connectivity index (χ3n) is 2.21. The number of pyridine rings is 1. The second kappa shape index (κ2) is 4.53. The molecule has 1 heterocycles. The van der Waals surface area contributed by atoms with E-state index in [-0.39, 0.29) is 0 Å². The monoisotopic (exact) mass is 215 g/mol. The lowest BCUT2D eigenvalue weighted by atomic mass is 10.2. The predicted octanol–water partition coefficient (Wildman–Crippen LogP) is 2.42. The summed E-state index contributed by atoms with van der Waals surface area (Å²) in [6, 6.07) is 11.3. The fourth-order valence-electron chi connectivity index (χ4n) is 1.42. The summed E-state index contributed by atoms with van der Waals surface area (Å²) in [5.41, 5.74) is 7.38. The van der Waals surface area contributed by atoms with Crippen molar-refractivity contribution >= 4 is 17.2 Å². The van der Waals surface area contributed by atoms with Crippen LogP contribution in [0.2, 0.25) is 0 Å². The maximum atomic E-state index is 5.75. The second-order valence-electron chi connectivity index (χ2n) is 3.26. The van der Waals surface area contributed by atoms with E-state index in [0.717, 1.165) is 17.1 Å². The number of benzene rings is 1. The lowest BCUT2D eigenvalue weighted by Crippen LogP contribution is -1.99. The summed E-state index contributed by atoms with van der Waals surface area (Å²) in [7, 11) is 1.63. The van der Waals surface area contributed by atoms with Crippen molar-refractivity contribution in [2.24, 2.45) is 0 Å². The Morgan fingerprint density at radius 1 is 1.12 bits per heavy atom. The maximum absolute atomic E-state index is 5.75. The minimum atomic E-state index is 0.466. The summed E-state index contributed by atoms with van der Waals surface area (Å²) in [5.74, 6) is 1.24. The Kier molecular flexibility index (Phi) is 2.91. The van der Waals surface area contributed by atoms with E-state index in [1.54, 1.807) is 13.3 Å². The van der Waals surface area contributed by atoms with Crippen LogP contribution in [0.15, 0.2) is 42.6 Å². The van der Waals surface area contributed by atoms with Gasteiger partial charge in [-0.25, -0.2) is 4.98 Å². The number of ether oxygens (including phenoxy) is 1. The molecule has 82 valence electrons. The fraction of sp³-hybridized carbons (Fsp3) is 0.0833. The molecular weight excluding hydrogens is 202 g/mol. The van der Waals surface area contributed by atoms with Crippen LogP contribution >= 0.6 is 0 Å². The van der Waals surface area contributed by atoms with E-state index in [2.05, 4.69) is 10.3 Å². The molecule has 0 fully saturated rings. The molecule has 0 unspecified atom stereocenters. The zero-order valence-corrected chi connectivity index (χ0v) is 8.97. The first-order chi connectivity index (χ1) is 7.81. The average molecular weight is 215 g/mol. The topological polar surface area (TPSA) is 60.2 Å². The molecule has 4 nitrogen and oxygen atoms in total. The van der Waals surface area contributed by atoms with E-state index in [1.165, 1.54) is 0 Å². The molecule has 0 aliphatic rings. The van der Waals surface area contributed by atoms with E-state index in [4.69, 9.17) is 10.5 Å². The molecule has 1 aromatic carbocycles. The Balaban J connectivity index is 2.30. The van der Waals surface area contributed by atoms with Gasteiger partial charge in [0.05, 0.1) is 18.5 Å².